The second-order valence-electron chi connectivity index (χ2n) is 6.38. The largest absolute Gasteiger partial charge is 0.479 e. The first kappa shape index (κ1) is 20.9. The SMILES string of the molecule is CC(C)OC(Cc1ccc(F)c(CC(=O)Nc2cccc(Cl)c2)c1)C(=O)O. The summed E-state index contributed by atoms with van der Waals surface area (Å²) in [6.45, 7) is 3.48. The van der Waals surface area contributed by atoms with Crippen LogP contribution in [-0.4, -0.2) is 29.2 Å². The number of aliphatic carboxylic acids is 1. The number of amides is 1. The number of carbonyl (C=O) groups excluding carboxylic acids is 1. The second-order valence-corrected chi connectivity index (χ2v) is 6.81. The number of nitrogens with one attached hydrogen (secondary N) is 1. The molecule has 0 fully saturated rings. The Balaban J connectivity index is 2.09. The molecule has 2 aromatic rings. The minimum absolute atomic E-state index is 0.0801. The van der Waals surface area contributed by atoms with Gasteiger partial charge in [-0.15, -0.1) is 0 Å². The topological polar surface area (TPSA) is 75.6 Å². The summed E-state index contributed by atoms with van der Waals surface area (Å²) in [7, 11) is 0. The highest BCUT2D eigenvalue weighted by atomic mass is 35.5. The van der Waals surface area contributed by atoms with Crippen molar-refractivity contribution >= 4 is 29.2 Å². The maximum Gasteiger partial charge on any atom is 0.333 e. The first-order valence-electron chi connectivity index (χ1n) is 8.45. The molecule has 27 heavy (non-hydrogen) atoms. The minimum atomic E-state index is -1.09. The normalized spacial score (nSPS) is 12.0. The Bertz CT molecular complexity index is 825. The molecule has 0 aliphatic heterocycles. The standard InChI is InChI=1S/C20H21ClFNO4/c1-12(2)27-18(20(25)26)9-13-6-7-17(22)14(8-13)10-19(24)23-16-5-3-4-15(21)11-16/h3-8,11-12,18H,9-10H2,1-2H3,(H,23,24)(H,25,26). The van der Waals surface area contributed by atoms with Gasteiger partial charge < -0.3 is 15.2 Å². The summed E-state index contributed by atoms with van der Waals surface area (Å²) in [5.41, 5.74) is 1.27. The van der Waals surface area contributed by atoms with Crippen molar-refractivity contribution in [1.82, 2.24) is 0 Å². The molecule has 2 N–H and O–H groups in total. The third kappa shape index (κ3) is 6.66. The fraction of sp³-hybridized carbons (Fsp3) is 0.300. The van der Waals surface area contributed by atoms with Gasteiger partial charge in [0.1, 0.15) is 5.82 Å². The molecule has 2 rings (SSSR count). The number of ether oxygens (including phenoxy) is 1. The summed E-state index contributed by atoms with van der Waals surface area (Å²) in [5.74, 6) is -2.02. The van der Waals surface area contributed by atoms with Crippen molar-refractivity contribution in [3.63, 3.8) is 0 Å². The van der Waals surface area contributed by atoms with E-state index in [1.165, 1.54) is 18.2 Å². The third-order valence-corrected chi connectivity index (χ3v) is 3.94. The molecule has 5 nitrogen and oxygen atoms in total. The number of carboxylic acid groups (broad SMARTS) is 1. The van der Waals surface area contributed by atoms with Crippen molar-refractivity contribution in [3.05, 3.63) is 64.4 Å². The number of halogens is 2. The molecule has 0 bridgehead atoms. The zero-order chi connectivity index (χ0) is 20.0. The fourth-order valence-corrected chi connectivity index (χ4v) is 2.76. The highest BCUT2D eigenvalue weighted by Crippen LogP contribution is 2.18. The smallest absolute Gasteiger partial charge is 0.333 e. The van der Waals surface area contributed by atoms with Crippen LogP contribution in [0.1, 0.15) is 25.0 Å². The first-order valence-corrected chi connectivity index (χ1v) is 8.83. The van der Waals surface area contributed by atoms with E-state index >= 15 is 0 Å². The Kier molecular flexibility index (Phi) is 7.33. The van der Waals surface area contributed by atoms with Crippen LogP contribution < -0.4 is 5.32 Å². The van der Waals surface area contributed by atoms with Crippen molar-refractivity contribution in [3.8, 4) is 0 Å². The van der Waals surface area contributed by atoms with Gasteiger partial charge >= 0.3 is 5.97 Å². The molecule has 0 aliphatic rings. The van der Waals surface area contributed by atoms with Gasteiger partial charge in [-0.1, -0.05) is 29.8 Å². The Hall–Kier alpha value is -2.44. The van der Waals surface area contributed by atoms with Crippen molar-refractivity contribution in [2.24, 2.45) is 0 Å². The van der Waals surface area contributed by atoms with Crippen molar-refractivity contribution in [1.29, 1.82) is 0 Å². The fourth-order valence-electron chi connectivity index (χ4n) is 2.57. The zero-order valence-electron chi connectivity index (χ0n) is 15.0. The molecule has 1 atom stereocenters. The number of carboxylic acids is 1. The van der Waals surface area contributed by atoms with Gasteiger partial charge in [0.15, 0.2) is 6.10 Å². The molecular formula is C20H21ClFNO4. The highest BCUT2D eigenvalue weighted by Gasteiger charge is 2.21. The molecule has 0 aromatic heterocycles. The van der Waals surface area contributed by atoms with Crippen LogP contribution in [0, 0.1) is 5.82 Å². The van der Waals surface area contributed by atoms with Crippen LogP contribution in [0.25, 0.3) is 0 Å². The molecule has 0 spiro atoms. The Morgan fingerprint density at radius 2 is 1.96 bits per heavy atom. The molecule has 0 saturated heterocycles. The van der Waals surface area contributed by atoms with Gasteiger partial charge in [0.25, 0.3) is 0 Å². The van der Waals surface area contributed by atoms with Crippen LogP contribution >= 0.6 is 11.6 Å². The number of hydrogen-bond acceptors (Lipinski definition) is 3. The van der Waals surface area contributed by atoms with Gasteiger partial charge in [0.05, 0.1) is 12.5 Å². The van der Waals surface area contributed by atoms with E-state index in [-0.39, 0.29) is 24.5 Å². The van der Waals surface area contributed by atoms with E-state index in [1.54, 1.807) is 38.1 Å². The summed E-state index contributed by atoms with van der Waals surface area (Å²) in [6.07, 6.45) is -1.40. The molecule has 0 radical (unpaired) electrons. The van der Waals surface area contributed by atoms with Crippen LogP contribution in [-0.2, 0) is 27.2 Å². The third-order valence-electron chi connectivity index (χ3n) is 3.70. The zero-order valence-corrected chi connectivity index (χ0v) is 15.8. The molecule has 0 saturated carbocycles. The maximum absolute atomic E-state index is 14.1. The lowest BCUT2D eigenvalue weighted by atomic mass is 10.0. The minimum Gasteiger partial charge on any atom is -0.479 e. The summed E-state index contributed by atoms with van der Waals surface area (Å²) >= 11 is 5.87. The monoisotopic (exact) mass is 393 g/mol. The molecule has 1 unspecified atom stereocenters. The van der Waals surface area contributed by atoms with Crippen LogP contribution in [0.15, 0.2) is 42.5 Å². The molecular weight excluding hydrogens is 373 g/mol. The van der Waals surface area contributed by atoms with Gasteiger partial charge in [-0.3, -0.25) is 4.79 Å². The summed E-state index contributed by atoms with van der Waals surface area (Å²) in [4.78, 5) is 23.5. The molecule has 144 valence electrons. The summed E-state index contributed by atoms with van der Waals surface area (Å²) < 4.78 is 19.5. The Morgan fingerprint density at radius 1 is 1.22 bits per heavy atom. The van der Waals surface area contributed by atoms with E-state index in [2.05, 4.69) is 5.32 Å². The van der Waals surface area contributed by atoms with Crippen molar-refractivity contribution in [2.45, 2.75) is 38.9 Å². The van der Waals surface area contributed by atoms with Crippen LogP contribution in [0.2, 0.25) is 5.02 Å². The van der Waals surface area contributed by atoms with Crippen LogP contribution in [0.3, 0.4) is 0 Å². The Morgan fingerprint density at radius 3 is 2.59 bits per heavy atom. The molecule has 2 aromatic carbocycles. The lowest BCUT2D eigenvalue weighted by molar-refractivity contribution is -0.153. The molecule has 0 heterocycles. The van der Waals surface area contributed by atoms with E-state index in [4.69, 9.17) is 16.3 Å². The van der Waals surface area contributed by atoms with Crippen molar-refractivity contribution < 1.29 is 23.8 Å². The Labute approximate surface area is 162 Å². The van der Waals surface area contributed by atoms with Gasteiger partial charge in [-0.05, 0) is 49.2 Å². The number of benzene rings is 2. The molecule has 7 heteroatoms. The number of anilines is 1. The van der Waals surface area contributed by atoms with E-state index < -0.39 is 23.8 Å². The van der Waals surface area contributed by atoms with E-state index in [0.29, 0.717) is 16.3 Å². The van der Waals surface area contributed by atoms with E-state index in [1.807, 2.05) is 0 Å². The lowest BCUT2D eigenvalue weighted by Gasteiger charge is -2.17. The van der Waals surface area contributed by atoms with Crippen LogP contribution in [0.5, 0.6) is 0 Å². The van der Waals surface area contributed by atoms with E-state index in [9.17, 15) is 19.1 Å². The predicted octanol–water partition coefficient (Wildman–Crippen LogP) is 4.08. The van der Waals surface area contributed by atoms with Gasteiger partial charge in [-0.2, -0.15) is 0 Å². The lowest BCUT2D eigenvalue weighted by Crippen LogP contribution is -2.29. The van der Waals surface area contributed by atoms with Gasteiger partial charge in [0.2, 0.25) is 5.91 Å². The quantitative estimate of drug-likeness (QED) is 0.708. The van der Waals surface area contributed by atoms with Crippen LogP contribution in [0.4, 0.5) is 10.1 Å². The maximum atomic E-state index is 14.1. The average molecular weight is 394 g/mol. The summed E-state index contributed by atoms with van der Waals surface area (Å²) in [6, 6.07) is 10.9. The molecule has 0 aliphatic carbocycles. The van der Waals surface area contributed by atoms with Crippen molar-refractivity contribution in [2.75, 3.05) is 5.32 Å². The first-order chi connectivity index (χ1) is 12.7. The molecule has 1 amide bonds. The van der Waals surface area contributed by atoms with Gasteiger partial charge in [-0.25, -0.2) is 9.18 Å². The average Bonchev–Trinajstić information content (AvgIpc) is 2.56. The predicted molar refractivity (Wildman–Crippen MR) is 102 cm³/mol. The number of hydrogen-bond donors (Lipinski definition) is 2. The number of rotatable bonds is 8. The second kappa shape index (κ2) is 9.48. The van der Waals surface area contributed by atoms with Gasteiger partial charge in [0, 0.05) is 17.1 Å². The summed E-state index contributed by atoms with van der Waals surface area (Å²) in [5, 5.41) is 12.4. The van der Waals surface area contributed by atoms with E-state index in [0.717, 1.165) is 0 Å². The number of carbonyl (C=O) groups is 2. The highest BCUT2D eigenvalue weighted by molar-refractivity contribution is 6.30.